The van der Waals surface area contributed by atoms with Crippen molar-refractivity contribution < 1.29 is 19.4 Å². The van der Waals surface area contributed by atoms with Crippen LogP contribution in [0.1, 0.15) is 12.8 Å². The van der Waals surface area contributed by atoms with Crippen LogP contribution in [0.5, 0.6) is 0 Å². The summed E-state index contributed by atoms with van der Waals surface area (Å²) in [6, 6.07) is 0. The number of hydrogen-bond donors (Lipinski definition) is 1. The van der Waals surface area contributed by atoms with Gasteiger partial charge in [0.15, 0.2) is 6.10 Å². The number of aliphatic carboxylic acids is 1. The van der Waals surface area contributed by atoms with Crippen LogP contribution in [0.4, 0.5) is 0 Å². The fraction of sp³-hybridized carbons (Fsp3) is 0.900. The molecule has 0 spiro atoms. The first-order chi connectivity index (χ1) is 7.25. The zero-order valence-corrected chi connectivity index (χ0v) is 8.72. The van der Waals surface area contributed by atoms with E-state index >= 15 is 0 Å². The molecule has 0 unspecified atom stereocenters. The number of rotatable bonds is 3. The SMILES string of the molecule is O=C(O)[C@@H]1CC[C@H](CN2CCOCC2)O1. The van der Waals surface area contributed by atoms with Crippen molar-refractivity contribution in [1.29, 1.82) is 0 Å². The third-order valence-corrected chi connectivity index (χ3v) is 2.95. The number of nitrogens with zero attached hydrogens (tertiary/aromatic N) is 1. The molecule has 2 atom stereocenters. The Morgan fingerprint density at radius 3 is 2.67 bits per heavy atom. The molecule has 2 rings (SSSR count). The van der Waals surface area contributed by atoms with E-state index in [-0.39, 0.29) is 6.10 Å². The zero-order valence-electron chi connectivity index (χ0n) is 8.72. The van der Waals surface area contributed by atoms with E-state index in [9.17, 15) is 4.79 Å². The van der Waals surface area contributed by atoms with Crippen molar-refractivity contribution in [3.05, 3.63) is 0 Å². The standard InChI is InChI=1S/C10H17NO4/c12-10(13)9-2-1-8(15-9)7-11-3-5-14-6-4-11/h8-9H,1-7H2,(H,12,13)/t8-,9+/m1/s1. The summed E-state index contributed by atoms with van der Waals surface area (Å²) in [6.45, 7) is 4.24. The molecule has 0 aliphatic carbocycles. The molecule has 0 amide bonds. The normalized spacial score (nSPS) is 33.1. The number of morpholine rings is 1. The molecule has 0 radical (unpaired) electrons. The highest BCUT2D eigenvalue weighted by Gasteiger charge is 2.31. The molecule has 5 heteroatoms. The lowest BCUT2D eigenvalue weighted by atomic mass is 10.2. The summed E-state index contributed by atoms with van der Waals surface area (Å²) in [6.07, 6.45) is 0.999. The number of carboxylic acids is 1. The molecule has 15 heavy (non-hydrogen) atoms. The van der Waals surface area contributed by atoms with E-state index in [2.05, 4.69) is 4.90 Å². The molecule has 2 aliphatic heterocycles. The number of carboxylic acid groups (broad SMARTS) is 1. The second-order valence-electron chi connectivity index (χ2n) is 4.08. The van der Waals surface area contributed by atoms with Crippen LogP contribution >= 0.6 is 0 Å². The summed E-state index contributed by atoms with van der Waals surface area (Å²) >= 11 is 0. The predicted molar refractivity (Wildman–Crippen MR) is 52.8 cm³/mol. The van der Waals surface area contributed by atoms with Gasteiger partial charge in [-0.15, -0.1) is 0 Å². The van der Waals surface area contributed by atoms with Crippen molar-refractivity contribution >= 4 is 5.97 Å². The summed E-state index contributed by atoms with van der Waals surface area (Å²) in [7, 11) is 0. The Balaban J connectivity index is 1.74. The van der Waals surface area contributed by atoms with Crippen LogP contribution in [0.25, 0.3) is 0 Å². The van der Waals surface area contributed by atoms with Gasteiger partial charge in [-0.25, -0.2) is 4.79 Å². The van der Waals surface area contributed by atoms with Crippen LogP contribution in [0, 0.1) is 0 Å². The summed E-state index contributed by atoms with van der Waals surface area (Å²) in [5.74, 6) is -0.834. The van der Waals surface area contributed by atoms with E-state index in [1.807, 2.05) is 0 Å². The van der Waals surface area contributed by atoms with Gasteiger partial charge in [-0.2, -0.15) is 0 Å². The maximum absolute atomic E-state index is 10.7. The van der Waals surface area contributed by atoms with Crippen molar-refractivity contribution in [2.24, 2.45) is 0 Å². The predicted octanol–water partition coefficient (Wildman–Crippen LogP) is -0.0492. The topological polar surface area (TPSA) is 59.0 Å². The van der Waals surface area contributed by atoms with Gasteiger partial charge in [0.2, 0.25) is 0 Å². The molecule has 86 valence electrons. The van der Waals surface area contributed by atoms with Crippen LogP contribution < -0.4 is 0 Å². The minimum Gasteiger partial charge on any atom is -0.479 e. The van der Waals surface area contributed by atoms with E-state index in [0.717, 1.165) is 39.3 Å². The Labute approximate surface area is 89.0 Å². The second-order valence-corrected chi connectivity index (χ2v) is 4.08. The molecule has 1 N–H and O–H groups in total. The molecular weight excluding hydrogens is 198 g/mol. The van der Waals surface area contributed by atoms with Crippen LogP contribution in [0.2, 0.25) is 0 Å². The smallest absolute Gasteiger partial charge is 0.332 e. The van der Waals surface area contributed by atoms with Gasteiger partial charge in [-0.05, 0) is 12.8 Å². The molecule has 2 saturated heterocycles. The molecule has 0 aromatic heterocycles. The van der Waals surface area contributed by atoms with E-state index in [1.54, 1.807) is 0 Å². The summed E-state index contributed by atoms with van der Waals surface area (Å²) in [5.41, 5.74) is 0. The highest BCUT2D eigenvalue weighted by molar-refractivity contribution is 5.72. The van der Waals surface area contributed by atoms with E-state index in [4.69, 9.17) is 14.6 Å². The average Bonchev–Trinajstić information content (AvgIpc) is 2.68. The van der Waals surface area contributed by atoms with Gasteiger partial charge in [-0.3, -0.25) is 4.90 Å². The molecule has 0 aromatic rings. The van der Waals surface area contributed by atoms with Gasteiger partial charge < -0.3 is 14.6 Å². The summed E-state index contributed by atoms with van der Waals surface area (Å²) < 4.78 is 10.7. The van der Waals surface area contributed by atoms with Gasteiger partial charge in [-0.1, -0.05) is 0 Å². The molecule has 2 heterocycles. The van der Waals surface area contributed by atoms with Crippen molar-refractivity contribution in [2.45, 2.75) is 25.0 Å². The first kappa shape index (κ1) is 10.9. The van der Waals surface area contributed by atoms with Gasteiger partial charge in [0, 0.05) is 19.6 Å². The minimum absolute atomic E-state index is 0.0872. The number of ether oxygens (including phenoxy) is 2. The minimum atomic E-state index is -0.834. The maximum Gasteiger partial charge on any atom is 0.332 e. The van der Waals surface area contributed by atoms with Crippen LogP contribution in [0.15, 0.2) is 0 Å². The van der Waals surface area contributed by atoms with Gasteiger partial charge >= 0.3 is 5.97 Å². The fourth-order valence-corrected chi connectivity index (χ4v) is 2.09. The maximum atomic E-state index is 10.7. The zero-order chi connectivity index (χ0) is 10.7. The molecule has 2 aliphatic rings. The Morgan fingerprint density at radius 2 is 2.07 bits per heavy atom. The van der Waals surface area contributed by atoms with E-state index < -0.39 is 12.1 Å². The van der Waals surface area contributed by atoms with Gasteiger partial charge in [0.05, 0.1) is 19.3 Å². The molecular formula is C10H17NO4. The van der Waals surface area contributed by atoms with Gasteiger partial charge in [0.1, 0.15) is 0 Å². The Morgan fingerprint density at radius 1 is 1.33 bits per heavy atom. The van der Waals surface area contributed by atoms with Crippen LogP contribution in [-0.2, 0) is 14.3 Å². The largest absolute Gasteiger partial charge is 0.479 e. The van der Waals surface area contributed by atoms with Crippen molar-refractivity contribution in [3.8, 4) is 0 Å². The quantitative estimate of drug-likeness (QED) is 0.715. The number of carbonyl (C=O) groups is 1. The lowest BCUT2D eigenvalue weighted by Gasteiger charge is -2.28. The third-order valence-electron chi connectivity index (χ3n) is 2.95. The molecule has 2 fully saturated rings. The molecule has 0 bridgehead atoms. The highest BCUT2D eigenvalue weighted by Crippen LogP contribution is 2.20. The van der Waals surface area contributed by atoms with Crippen LogP contribution in [-0.4, -0.2) is 61.0 Å². The Hall–Kier alpha value is -0.650. The van der Waals surface area contributed by atoms with Crippen molar-refractivity contribution in [2.75, 3.05) is 32.8 Å². The monoisotopic (exact) mass is 215 g/mol. The molecule has 0 aromatic carbocycles. The summed E-state index contributed by atoms with van der Waals surface area (Å²) in [5, 5.41) is 8.78. The summed E-state index contributed by atoms with van der Waals surface area (Å²) in [4.78, 5) is 13.0. The van der Waals surface area contributed by atoms with E-state index in [1.165, 1.54) is 0 Å². The Kier molecular flexibility index (Phi) is 3.56. The first-order valence-corrected chi connectivity index (χ1v) is 5.44. The fourth-order valence-electron chi connectivity index (χ4n) is 2.09. The lowest BCUT2D eigenvalue weighted by Crippen LogP contribution is -2.41. The van der Waals surface area contributed by atoms with Gasteiger partial charge in [0.25, 0.3) is 0 Å². The van der Waals surface area contributed by atoms with Crippen LogP contribution in [0.3, 0.4) is 0 Å². The van der Waals surface area contributed by atoms with Crippen molar-refractivity contribution in [1.82, 2.24) is 4.90 Å². The van der Waals surface area contributed by atoms with E-state index in [0.29, 0.717) is 6.42 Å². The highest BCUT2D eigenvalue weighted by atomic mass is 16.5. The third kappa shape index (κ3) is 2.90. The second kappa shape index (κ2) is 4.92. The molecule has 0 saturated carbocycles. The lowest BCUT2D eigenvalue weighted by molar-refractivity contribution is -0.149. The first-order valence-electron chi connectivity index (χ1n) is 5.44. The molecule has 5 nitrogen and oxygen atoms in total. The Bertz CT molecular complexity index is 227. The van der Waals surface area contributed by atoms with Crippen molar-refractivity contribution in [3.63, 3.8) is 0 Å². The number of hydrogen-bond acceptors (Lipinski definition) is 4. The average molecular weight is 215 g/mol.